The van der Waals surface area contributed by atoms with Crippen LogP contribution in [0.3, 0.4) is 0 Å². The molecular weight excluding hydrogens is 368 g/mol. The monoisotopic (exact) mass is 420 g/mol. The SMILES string of the molecule is C=CC(=O)CCCCCCCCCCCCCCCCCCCCC1CCCCO1. The fourth-order valence-corrected chi connectivity index (χ4v) is 4.64. The zero-order valence-corrected chi connectivity index (χ0v) is 20.1. The van der Waals surface area contributed by atoms with E-state index in [1.165, 1.54) is 141 Å². The van der Waals surface area contributed by atoms with Crippen LogP contribution in [0, 0.1) is 0 Å². The van der Waals surface area contributed by atoms with Gasteiger partial charge >= 0.3 is 0 Å². The molecule has 0 aliphatic carbocycles. The molecule has 1 heterocycles. The maximum atomic E-state index is 11.1. The van der Waals surface area contributed by atoms with Crippen molar-refractivity contribution in [2.45, 2.75) is 154 Å². The predicted octanol–water partition coefficient (Wildman–Crippen LogP) is 9.11. The molecule has 176 valence electrons. The lowest BCUT2D eigenvalue weighted by Crippen LogP contribution is -2.18. The van der Waals surface area contributed by atoms with Crippen LogP contribution in [0.4, 0.5) is 0 Å². The second kappa shape index (κ2) is 21.6. The molecule has 1 rings (SSSR count). The first-order valence-electron chi connectivity index (χ1n) is 13.6. The lowest BCUT2D eigenvalue weighted by molar-refractivity contribution is -0.114. The van der Waals surface area contributed by atoms with Crippen LogP contribution in [-0.4, -0.2) is 18.5 Å². The Morgan fingerprint density at radius 3 is 1.50 bits per heavy atom. The third-order valence-electron chi connectivity index (χ3n) is 6.70. The molecule has 1 unspecified atom stereocenters. The number of carbonyl (C=O) groups is 1. The van der Waals surface area contributed by atoms with Gasteiger partial charge in [0.1, 0.15) is 0 Å². The molecule has 1 saturated heterocycles. The van der Waals surface area contributed by atoms with Crippen molar-refractivity contribution in [3.63, 3.8) is 0 Å². The summed E-state index contributed by atoms with van der Waals surface area (Å²) >= 11 is 0. The first-order valence-corrected chi connectivity index (χ1v) is 13.6. The average Bonchev–Trinajstić information content (AvgIpc) is 2.78. The largest absolute Gasteiger partial charge is 0.378 e. The van der Waals surface area contributed by atoms with Crippen molar-refractivity contribution in [1.82, 2.24) is 0 Å². The molecule has 0 spiro atoms. The highest BCUT2D eigenvalue weighted by Crippen LogP contribution is 2.19. The molecule has 0 N–H and O–H groups in total. The molecule has 2 nitrogen and oxygen atoms in total. The maximum absolute atomic E-state index is 11.1. The number of unbranched alkanes of at least 4 members (excludes halogenated alkanes) is 17. The number of ether oxygens (including phenoxy) is 1. The Kier molecular flexibility index (Phi) is 19.7. The molecule has 0 saturated carbocycles. The van der Waals surface area contributed by atoms with Crippen LogP contribution in [0.2, 0.25) is 0 Å². The normalized spacial score (nSPS) is 16.6. The zero-order valence-electron chi connectivity index (χ0n) is 20.1. The highest BCUT2D eigenvalue weighted by atomic mass is 16.5. The summed E-state index contributed by atoms with van der Waals surface area (Å²) in [5.74, 6) is 0.200. The van der Waals surface area contributed by atoms with Crippen molar-refractivity contribution in [2.75, 3.05) is 6.61 Å². The molecule has 0 aromatic carbocycles. The minimum Gasteiger partial charge on any atom is -0.378 e. The van der Waals surface area contributed by atoms with Crippen molar-refractivity contribution >= 4 is 5.78 Å². The third kappa shape index (κ3) is 18.2. The van der Waals surface area contributed by atoms with E-state index in [4.69, 9.17) is 4.74 Å². The highest BCUT2D eigenvalue weighted by Gasteiger charge is 2.12. The van der Waals surface area contributed by atoms with E-state index in [-0.39, 0.29) is 5.78 Å². The van der Waals surface area contributed by atoms with Crippen molar-refractivity contribution < 1.29 is 9.53 Å². The Labute approximate surface area is 188 Å². The van der Waals surface area contributed by atoms with Crippen LogP contribution >= 0.6 is 0 Å². The van der Waals surface area contributed by atoms with Gasteiger partial charge in [-0.2, -0.15) is 0 Å². The molecule has 30 heavy (non-hydrogen) atoms. The standard InChI is InChI=1S/C28H52O2/c1-2-27(29)23-19-17-15-13-11-9-7-5-3-4-6-8-10-12-14-16-18-20-24-28-25-21-22-26-30-28/h2,28H,1,3-26H2. The Balaban J connectivity index is 1.65. The van der Waals surface area contributed by atoms with E-state index >= 15 is 0 Å². The molecule has 1 aliphatic rings. The van der Waals surface area contributed by atoms with E-state index in [2.05, 4.69) is 6.58 Å². The molecule has 0 aromatic heterocycles. The highest BCUT2D eigenvalue weighted by molar-refractivity contribution is 5.88. The number of rotatable bonds is 22. The smallest absolute Gasteiger partial charge is 0.155 e. The van der Waals surface area contributed by atoms with Crippen molar-refractivity contribution in [3.05, 3.63) is 12.7 Å². The fraction of sp³-hybridized carbons (Fsp3) is 0.893. The van der Waals surface area contributed by atoms with Gasteiger partial charge in [-0.05, 0) is 38.2 Å². The van der Waals surface area contributed by atoms with Crippen LogP contribution in [-0.2, 0) is 9.53 Å². The summed E-state index contributed by atoms with van der Waals surface area (Å²) in [6, 6.07) is 0. The van der Waals surface area contributed by atoms with Crippen LogP contribution < -0.4 is 0 Å². The van der Waals surface area contributed by atoms with E-state index in [1.807, 2.05) is 0 Å². The van der Waals surface area contributed by atoms with E-state index in [9.17, 15) is 4.79 Å². The van der Waals surface area contributed by atoms with Gasteiger partial charge < -0.3 is 4.74 Å². The number of hydrogen-bond acceptors (Lipinski definition) is 2. The van der Waals surface area contributed by atoms with Crippen molar-refractivity contribution in [2.24, 2.45) is 0 Å². The quantitative estimate of drug-likeness (QED) is 0.129. The Morgan fingerprint density at radius 2 is 1.10 bits per heavy atom. The molecule has 2 heteroatoms. The minimum atomic E-state index is 0.200. The molecule has 0 bridgehead atoms. The van der Waals surface area contributed by atoms with Gasteiger partial charge in [0.05, 0.1) is 6.10 Å². The Hall–Kier alpha value is -0.630. The van der Waals surface area contributed by atoms with Crippen molar-refractivity contribution in [1.29, 1.82) is 0 Å². The molecular formula is C28H52O2. The second-order valence-electron chi connectivity index (χ2n) is 9.56. The number of ketones is 1. The van der Waals surface area contributed by atoms with Gasteiger partial charge in [-0.15, -0.1) is 0 Å². The topological polar surface area (TPSA) is 26.3 Å². The Bertz CT molecular complexity index is 384. The van der Waals surface area contributed by atoms with Gasteiger partial charge in [0, 0.05) is 13.0 Å². The summed E-state index contributed by atoms with van der Waals surface area (Å²) in [5.41, 5.74) is 0. The number of hydrogen-bond donors (Lipinski definition) is 0. The number of allylic oxidation sites excluding steroid dienone is 1. The first kappa shape index (κ1) is 27.4. The molecule has 1 aliphatic heterocycles. The molecule has 0 radical (unpaired) electrons. The zero-order chi connectivity index (χ0) is 21.5. The summed E-state index contributed by atoms with van der Waals surface area (Å²) in [6.45, 7) is 4.53. The number of carbonyl (C=O) groups excluding carboxylic acids is 1. The average molecular weight is 421 g/mol. The summed E-state index contributed by atoms with van der Waals surface area (Å²) < 4.78 is 5.81. The molecule has 1 atom stereocenters. The third-order valence-corrected chi connectivity index (χ3v) is 6.70. The second-order valence-corrected chi connectivity index (χ2v) is 9.56. The van der Waals surface area contributed by atoms with Gasteiger partial charge in [0.2, 0.25) is 0 Å². The van der Waals surface area contributed by atoms with Crippen LogP contribution in [0.25, 0.3) is 0 Å². The van der Waals surface area contributed by atoms with Gasteiger partial charge in [0.15, 0.2) is 5.78 Å². The summed E-state index contributed by atoms with van der Waals surface area (Å²) in [4.78, 5) is 11.1. The summed E-state index contributed by atoms with van der Waals surface area (Å²) in [5, 5.41) is 0. The van der Waals surface area contributed by atoms with E-state index < -0.39 is 0 Å². The fourth-order valence-electron chi connectivity index (χ4n) is 4.64. The summed E-state index contributed by atoms with van der Waals surface area (Å²) in [6.07, 6.45) is 32.8. The van der Waals surface area contributed by atoms with E-state index in [0.717, 1.165) is 13.0 Å². The van der Waals surface area contributed by atoms with Gasteiger partial charge in [-0.1, -0.05) is 116 Å². The van der Waals surface area contributed by atoms with Gasteiger partial charge in [-0.25, -0.2) is 0 Å². The molecule has 1 fully saturated rings. The molecule has 0 aromatic rings. The van der Waals surface area contributed by atoms with E-state index in [1.54, 1.807) is 0 Å². The van der Waals surface area contributed by atoms with Crippen LogP contribution in [0.5, 0.6) is 0 Å². The van der Waals surface area contributed by atoms with Crippen LogP contribution in [0.1, 0.15) is 148 Å². The van der Waals surface area contributed by atoms with Crippen LogP contribution in [0.15, 0.2) is 12.7 Å². The minimum absolute atomic E-state index is 0.200. The Morgan fingerprint density at radius 1 is 0.667 bits per heavy atom. The van der Waals surface area contributed by atoms with Gasteiger partial charge in [0.25, 0.3) is 0 Å². The van der Waals surface area contributed by atoms with E-state index in [0.29, 0.717) is 12.5 Å². The summed E-state index contributed by atoms with van der Waals surface area (Å²) in [7, 11) is 0. The maximum Gasteiger partial charge on any atom is 0.155 e. The lowest BCUT2D eigenvalue weighted by atomic mass is 10.0. The van der Waals surface area contributed by atoms with Gasteiger partial charge in [-0.3, -0.25) is 4.79 Å². The lowest BCUT2D eigenvalue weighted by Gasteiger charge is -2.22. The first-order chi connectivity index (χ1) is 14.8. The molecule has 0 amide bonds. The van der Waals surface area contributed by atoms with Crippen molar-refractivity contribution in [3.8, 4) is 0 Å². The predicted molar refractivity (Wildman–Crippen MR) is 131 cm³/mol.